The number of urea groups is 1. The minimum atomic E-state index is -0.426. The maximum atomic E-state index is 11.0. The molecule has 0 fully saturated rings. The van der Waals surface area contributed by atoms with E-state index in [4.69, 9.17) is 5.73 Å². The molecular formula is C9H11BrN2O. The third-order valence-corrected chi connectivity index (χ3v) is 2.25. The van der Waals surface area contributed by atoms with Crippen LogP contribution in [0.1, 0.15) is 6.92 Å². The normalized spacial score (nSPS) is 9.69. The zero-order valence-electron chi connectivity index (χ0n) is 7.33. The van der Waals surface area contributed by atoms with Crippen molar-refractivity contribution in [1.29, 1.82) is 0 Å². The molecule has 0 spiro atoms. The summed E-state index contributed by atoms with van der Waals surface area (Å²) in [5.74, 6) is 0. The lowest BCUT2D eigenvalue weighted by molar-refractivity contribution is 0.254. The van der Waals surface area contributed by atoms with Gasteiger partial charge < -0.3 is 5.73 Å². The lowest BCUT2D eigenvalue weighted by atomic mass is 10.3. The van der Waals surface area contributed by atoms with Crippen molar-refractivity contribution in [3.05, 3.63) is 28.7 Å². The van der Waals surface area contributed by atoms with Crippen LogP contribution in [0, 0.1) is 0 Å². The van der Waals surface area contributed by atoms with Crippen molar-refractivity contribution in [3.63, 3.8) is 0 Å². The molecule has 2 amide bonds. The first-order chi connectivity index (χ1) is 6.15. The molecule has 13 heavy (non-hydrogen) atoms. The Bertz CT molecular complexity index is 297. The predicted octanol–water partition coefficient (Wildman–Crippen LogP) is 2.35. The van der Waals surface area contributed by atoms with Gasteiger partial charge in [-0.2, -0.15) is 0 Å². The van der Waals surface area contributed by atoms with Crippen molar-refractivity contribution in [2.24, 2.45) is 5.73 Å². The highest BCUT2D eigenvalue weighted by Crippen LogP contribution is 2.17. The van der Waals surface area contributed by atoms with Crippen LogP contribution >= 0.6 is 15.9 Å². The molecule has 0 saturated heterocycles. The lowest BCUT2D eigenvalue weighted by Crippen LogP contribution is -2.35. The molecule has 0 saturated carbocycles. The first-order valence-electron chi connectivity index (χ1n) is 3.97. The lowest BCUT2D eigenvalue weighted by Gasteiger charge is -2.17. The Balaban J connectivity index is 2.92. The largest absolute Gasteiger partial charge is 0.351 e. The van der Waals surface area contributed by atoms with Crippen LogP contribution in [0.25, 0.3) is 0 Å². The minimum Gasteiger partial charge on any atom is -0.351 e. The molecule has 1 aromatic rings. The number of benzene rings is 1. The predicted molar refractivity (Wildman–Crippen MR) is 56.7 cm³/mol. The smallest absolute Gasteiger partial charge is 0.319 e. The van der Waals surface area contributed by atoms with Gasteiger partial charge >= 0.3 is 6.03 Å². The molecule has 3 nitrogen and oxygen atoms in total. The number of nitrogens with zero attached hydrogens (tertiary/aromatic N) is 1. The second-order valence-electron chi connectivity index (χ2n) is 2.56. The van der Waals surface area contributed by atoms with E-state index in [1.165, 1.54) is 4.90 Å². The quantitative estimate of drug-likeness (QED) is 0.851. The van der Waals surface area contributed by atoms with Crippen molar-refractivity contribution in [2.45, 2.75) is 6.92 Å². The number of nitrogens with two attached hydrogens (primary N) is 1. The summed E-state index contributed by atoms with van der Waals surface area (Å²) >= 11 is 3.32. The monoisotopic (exact) mass is 242 g/mol. The van der Waals surface area contributed by atoms with Crippen molar-refractivity contribution in [1.82, 2.24) is 0 Å². The molecule has 0 aliphatic rings. The average Bonchev–Trinajstić information content (AvgIpc) is 2.09. The summed E-state index contributed by atoms with van der Waals surface area (Å²) in [6, 6.07) is 7.02. The summed E-state index contributed by atoms with van der Waals surface area (Å²) in [5, 5.41) is 0. The molecule has 0 bridgehead atoms. The fourth-order valence-electron chi connectivity index (χ4n) is 1.09. The van der Waals surface area contributed by atoms with Crippen LogP contribution in [0.3, 0.4) is 0 Å². The Morgan fingerprint density at radius 1 is 1.46 bits per heavy atom. The number of carbonyl (C=O) groups excluding carboxylic acids is 1. The topological polar surface area (TPSA) is 46.3 Å². The summed E-state index contributed by atoms with van der Waals surface area (Å²) in [6.07, 6.45) is 0. The molecule has 0 heterocycles. The molecule has 0 unspecified atom stereocenters. The third-order valence-electron chi connectivity index (χ3n) is 1.72. The van der Waals surface area contributed by atoms with Gasteiger partial charge in [-0.15, -0.1) is 0 Å². The minimum absolute atomic E-state index is 0.426. The molecule has 1 aromatic carbocycles. The number of primary amides is 1. The van der Waals surface area contributed by atoms with Crippen molar-refractivity contribution < 1.29 is 4.79 Å². The van der Waals surface area contributed by atoms with E-state index in [1.807, 2.05) is 31.2 Å². The highest BCUT2D eigenvalue weighted by Gasteiger charge is 2.08. The molecule has 2 N–H and O–H groups in total. The van der Waals surface area contributed by atoms with Gasteiger partial charge in [0.25, 0.3) is 0 Å². The molecule has 1 rings (SSSR count). The molecule has 0 atom stereocenters. The summed E-state index contributed by atoms with van der Waals surface area (Å²) in [6.45, 7) is 2.46. The standard InChI is InChI=1S/C9H11BrN2O/c1-2-12(9(11)13)8-5-3-7(10)4-6-8/h3-6H,2H2,1H3,(H2,11,13). The number of anilines is 1. The first-order valence-corrected chi connectivity index (χ1v) is 4.77. The molecule has 70 valence electrons. The van der Waals surface area contributed by atoms with E-state index < -0.39 is 6.03 Å². The van der Waals surface area contributed by atoms with Crippen molar-refractivity contribution in [2.75, 3.05) is 11.4 Å². The number of amides is 2. The van der Waals surface area contributed by atoms with E-state index in [9.17, 15) is 4.79 Å². The van der Waals surface area contributed by atoms with Gasteiger partial charge in [-0.1, -0.05) is 15.9 Å². The Morgan fingerprint density at radius 2 is 2.00 bits per heavy atom. The van der Waals surface area contributed by atoms with E-state index in [-0.39, 0.29) is 0 Å². The van der Waals surface area contributed by atoms with E-state index in [1.54, 1.807) is 0 Å². The molecule has 4 heteroatoms. The van der Waals surface area contributed by atoms with Gasteiger partial charge in [0.1, 0.15) is 0 Å². The summed E-state index contributed by atoms with van der Waals surface area (Å²) in [7, 11) is 0. The highest BCUT2D eigenvalue weighted by atomic mass is 79.9. The van der Waals surface area contributed by atoms with Gasteiger partial charge in [-0.05, 0) is 31.2 Å². The molecule has 0 aliphatic carbocycles. The molecule has 0 radical (unpaired) electrons. The van der Waals surface area contributed by atoms with E-state index in [2.05, 4.69) is 15.9 Å². The number of rotatable bonds is 2. The Hall–Kier alpha value is -1.03. The van der Waals surface area contributed by atoms with Crippen LogP contribution < -0.4 is 10.6 Å². The summed E-state index contributed by atoms with van der Waals surface area (Å²) < 4.78 is 0.983. The highest BCUT2D eigenvalue weighted by molar-refractivity contribution is 9.10. The van der Waals surface area contributed by atoms with Gasteiger partial charge in [0.2, 0.25) is 0 Å². The second kappa shape index (κ2) is 4.28. The van der Waals surface area contributed by atoms with Gasteiger partial charge in [-0.3, -0.25) is 4.90 Å². The van der Waals surface area contributed by atoms with Crippen LogP contribution in [0.2, 0.25) is 0 Å². The van der Waals surface area contributed by atoms with Crippen LogP contribution in [-0.2, 0) is 0 Å². The Labute approximate surface area is 85.7 Å². The second-order valence-corrected chi connectivity index (χ2v) is 3.47. The maximum Gasteiger partial charge on any atom is 0.319 e. The van der Waals surface area contributed by atoms with E-state index in [0.717, 1.165) is 10.2 Å². The third kappa shape index (κ3) is 2.45. The Morgan fingerprint density at radius 3 is 2.38 bits per heavy atom. The molecule has 0 aromatic heterocycles. The fourth-order valence-corrected chi connectivity index (χ4v) is 1.35. The molecule has 0 aliphatic heterocycles. The van der Waals surface area contributed by atoms with Gasteiger partial charge in [-0.25, -0.2) is 4.79 Å². The van der Waals surface area contributed by atoms with Crippen LogP contribution in [0.5, 0.6) is 0 Å². The fraction of sp³-hybridized carbons (Fsp3) is 0.222. The first kappa shape index (κ1) is 10.1. The molecular weight excluding hydrogens is 232 g/mol. The van der Waals surface area contributed by atoms with Crippen LogP contribution in [0.15, 0.2) is 28.7 Å². The van der Waals surface area contributed by atoms with Gasteiger partial charge in [0.05, 0.1) is 0 Å². The van der Waals surface area contributed by atoms with E-state index >= 15 is 0 Å². The van der Waals surface area contributed by atoms with Crippen molar-refractivity contribution in [3.8, 4) is 0 Å². The van der Waals surface area contributed by atoms with Gasteiger partial charge in [0, 0.05) is 16.7 Å². The number of carbonyl (C=O) groups is 1. The van der Waals surface area contributed by atoms with Gasteiger partial charge in [0.15, 0.2) is 0 Å². The summed E-state index contributed by atoms with van der Waals surface area (Å²) in [5.41, 5.74) is 6.01. The number of hydrogen-bond donors (Lipinski definition) is 1. The SMILES string of the molecule is CCN(C(N)=O)c1ccc(Br)cc1. The average molecular weight is 243 g/mol. The van der Waals surface area contributed by atoms with Crippen LogP contribution in [0.4, 0.5) is 10.5 Å². The number of hydrogen-bond acceptors (Lipinski definition) is 1. The van der Waals surface area contributed by atoms with Crippen molar-refractivity contribution >= 4 is 27.6 Å². The van der Waals surface area contributed by atoms with E-state index in [0.29, 0.717) is 6.54 Å². The zero-order chi connectivity index (χ0) is 9.84. The van der Waals surface area contributed by atoms with Crippen LogP contribution in [-0.4, -0.2) is 12.6 Å². The Kier molecular flexibility index (Phi) is 3.31. The maximum absolute atomic E-state index is 11.0. The number of halogens is 1. The summed E-state index contributed by atoms with van der Waals surface area (Å²) in [4.78, 5) is 12.5. The zero-order valence-corrected chi connectivity index (χ0v) is 8.91.